The highest BCUT2D eigenvalue weighted by molar-refractivity contribution is 8.27. The summed E-state index contributed by atoms with van der Waals surface area (Å²) in [5.41, 5.74) is 4.35. The van der Waals surface area contributed by atoms with Crippen molar-refractivity contribution in [2.45, 2.75) is 19.3 Å². The molecule has 0 saturated carbocycles. The van der Waals surface area contributed by atoms with Crippen molar-refractivity contribution in [3.63, 3.8) is 0 Å². The number of benzene rings is 2. The van der Waals surface area contributed by atoms with Gasteiger partial charge in [0, 0.05) is 23.8 Å². The summed E-state index contributed by atoms with van der Waals surface area (Å²) in [6.45, 7) is 4.42. The summed E-state index contributed by atoms with van der Waals surface area (Å²) in [4.78, 5) is 17.3. The molecule has 2 heterocycles. The average molecular weight is 393 g/mol. The molecule has 1 fully saturated rings. The number of likely N-dealkylation sites (N-methyl/N-ethyl adjacent to an activating group) is 1. The zero-order chi connectivity index (χ0) is 19.2. The number of fused-ring (bicyclic) bond motifs is 1. The van der Waals surface area contributed by atoms with E-state index in [1.165, 1.54) is 23.0 Å². The number of thiocarbonyl (C=S) groups is 1. The fraction of sp³-hybridized carbons (Fsp3) is 0.182. The highest BCUT2D eigenvalue weighted by atomic mass is 32.2. The number of amides is 1. The minimum absolute atomic E-state index is 0.0657. The highest BCUT2D eigenvalue weighted by Gasteiger charge is 2.38. The minimum Gasteiger partial charge on any atom is -0.347 e. The van der Waals surface area contributed by atoms with Gasteiger partial charge in [-0.2, -0.15) is 0 Å². The second-order valence-electron chi connectivity index (χ2n) is 7.13. The van der Waals surface area contributed by atoms with E-state index in [1.807, 2.05) is 36.4 Å². The maximum atomic E-state index is 12.9. The molecule has 0 atom stereocenters. The van der Waals surface area contributed by atoms with Crippen LogP contribution in [0, 0.1) is 0 Å². The SMILES string of the molecule is CN1/C(=C/C=C2\SC(=S)N(c3ccccc3)C2=O)C(C)(C)c2ccccc21. The molecule has 4 rings (SSSR count). The quantitative estimate of drug-likeness (QED) is 0.515. The van der Waals surface area contributed by atoms with Gasteiger partial charge in [-0.1, -0.05) is 74.2 Å². The van der Waals surface area contributed by atoms with E-state index in [0.29, 0.717) is 9.23 Å². The summed E-state index contributed by atoms with van der Waals surface area (Å²) in [6, 6.07) is 18.0. The third-order valence-electron chi connectivity index (χ3n) is 5.14. The summed E-state index contributed by atoms with van der Waals surface area (Å²) >= 11 is 6.80. The van der Waals surface area contributed by atoms with Crippen LogP contribution >= 0.6 is 24.0 Å². The molecular formula is C22H20N2OS2. The maximum Gasteiger partial charge on any atom is 0.270 e. The molecule has 3 nitrogen and oxygen atoms in total. The predicted octanol–water partition coefficient (Wildman–Crippen LogP) is 5.25. The van der Waals surface area contributed by atoms with Gasteiger partial charge in [0.25, 0.3) is 5.91 Å². The van der Waals surface area contributed by atoms with Gasteiger partial charge < -0.3 is 4.90 Å². The van der Waals surface area contributed by atoms with Crippen LogP contribution in [0.4, 0.5) is 11.4 Å². The van der Waals surface area contributed by atoms with Crippen LogP contribution in [-0.2, 0) is 10.2 Å². The molecule has 0 bridgehead atoms. The average Bonchev–Trinajstić information content (AvgIpc) is 3.05. The Labute approximate surface area is 169 Å². The molecule has 0 aliphatic carbocycles. The van der Waals surface area contributed by atoms with Gasteiger partial charge in [0.15, 0.2) is 4.32 Å². The van der Waals surface area contributed by atoms with E-state index in [-0.39, 0.29) is 11.3 Å². The third kappa shape index (κ3) is 2.91. The largest absolute Gasteiger partial charge is 0.347 e. The molecule has 0 radical (unpaired) electrons. The number of hydrogen-bond donors (Lipinski definition) is 0. The van der Waals surface area contributed by atoms with Gasteiger partial charge in [-0.05, 0) is 35.9 Å². The second kappa shape index (κ2) is 6.66. The first-order valence-corrected chi connectivity index (χ1v) is 10.0. The van der Waals surface area contributed by atoms with E-state index in [1.54, 1.807) is 4.90 Å². The summed E-state index contributed by atoms with van der Waals surface area (Å²) in [5.74, 6) is -0.0657. The Morgan fingerprint density at radius 1 is 1.00 bits per heavy atom. The van der Waals surface area contributed by atoms with Gasteiger partial charge in [0.05, 0.1) is 10.6 Å². The number of rotatable bonds is 2. The lowest BCUT2D eigenvalue weighted by molar-refractivity contribution is -0.113. The number of carbonyl (C=O) groups is 1. The number of anilines is 2. The number of nitrogens with zero attached hydrogens (tertiary/aromatic N) is 2. The molecule has 2 aromatic rings. The van der Waals surface area contributed by atoms with Crippen LogP contribution in [0.1, 0.15) is 19.4 Å². The van der Waals surface area contributed by atoms with Gasteiger partial charge >= 0.3 is 0 Å². The molecule has 0 N–H and O–H groups in total. The monoisotopic (exact) mass is 392 g/mol. The Morgan fingerprint density at radius 3 is 2.37 bits per heavy atom. The molecule has 1 amide bonds. The summed E-state index contributed by atoms with van der Waals surface area (Å²) in [5, 5.41) is 0. The molecule has 0 unspecified atom stereocenters. The van der Waals surface area contributed by atoms with Crippen LogP contribution in [0.25, 0.3) is 0 Å². The first kappa shape index (κ1) is 18.0. The van der Waals surface area contributed by atoms with Crippen LogP contribution in [0.3, 0.4) is 0 Å². The smallest absolute Gasteiger partial charge is 0.270 e. The molecule has 136 valence electrons. The van der Waals surface area contributed by atoms with Crippen molar-refractivity contribution in [1.82, 2.24) is 0 Å². The number of para-hydroxylation sites is 2. The standard InChI is InChI=1S/C22H20N2OS2/c1-22(2)16-11-7-8-12-17(16)23(3)19(22)14-13-18-20(25)24(21(26)27-18)15-9-5-4-6-10-15/h4-14H,1-3H3/b18-13-,19-14+. The first-order chi connectivity index (χ1) is 12.9. The summed E-state index contributed by atoms with van der Waals surface area (Å²) in [6.07, 6.45) is 3.96. The lowest BCUT2D eigenvalue weighted by Crippen LogP contribution is -2.27. The van der Waals surface area contributed by atoms with Gasteiger partial charge in [0.2, 0.25) is 0 Å². The highest BCUT2D eigenvalue weighted by Crippen LogP contribution is 2.47. The molecule has 2 aromatic carbocycles. The van der Waals surface area contributed by atoms with Crippen molar-refractivity contribution in [2.75, 3.05) is 16.8 Å². The van der Waals surface area contributed by atoms with Gasteiger partial charge in [-0.25, -0.2) is 0 Å². The topological polar surface area (TPSA) is 23.6 Å². The lowest BCUT2D eigenvalue weighted by atomic mass is 9.84. The van der Waals surface area contributed by atoms with Crippen molar-refractivity contribution < 1.29 is 4.79 Å². The lowest BCUT2D eigenvalue weighted by Gasteiger charge is -2.23. The van der Waals surface area contributed by atoms with Crippen LogP contribution in [-0.4, -0.2) is 17.3 Å². The van der Waals surface area contributed by atoms with Crippen molar-refractivity contribution in [3.05, 3.63) is 82.9 Å². The van der Waals surface area contributed by atoms with Crippen molar-refractivity contribution in [2.24, 2.45) is 0 Å². The number of allylic oxidation sites excluding steroid dienone is 3. The summed E-state index contributed by atoms with van der Waals surface area (Å²) in [7, 11) is 2.07. The molecule has 1 saturated heterocycles. The van der Waals surface area contributed by atoms with Crippen molar-refractivity contribution in [1.29, 1.82) is 0 Å². The molecule has 0 spiro atoms. The number of thioether (sulfide) groups is 1. The second-order valence-corrected chi connectivity index (χ2v) is 8.80. The Hall–Kier alpha value is -2.37. The van der Waals surface area contributed by atoms with Crippen molar-refractivity contribution in [3.8, 4) is 0 Å². The molecule has 2 aliphatic heterocycles. The van der Waals surface area contributed by atoms with Gasteiger partial charge in [0.1, 0.15) is 0 Å². The third-order valence-corrected chi connectivity index (χ3v) is 6.46. The molecule has 27 heavy (non-hydrogen) atoms. The molecule has 5 heteroatoms. The Morgan fingerprint density at radius 2 is 1.67 bits per heavy atom. The van der Waals surface area contributed by atoms with Crippen LogP contribution in [0.15, 0.2) is 77.4 Å². The van der Waals surface area contributed by atoms with Gasteiger partial charge in [-0.3, -0.25) is 9.69 Å². The maximum absolute atomic E-state index is 12.9. The van der Waals surface area contributed by atoms with Gasteiger partial charge in [-0.15, -0.1) is 0 Å². The van der Waals surface area contributed by atoms with Crippen LogP contribution in [0.2, 0.25) is 0 Å². The molecular weight excluding hydrogens is 372 g/mol. The predicted molar refractivity (Wildman–Crippen MR) is 118 cm³/mol. The summed E-state index contributed by atoms with van der Waals surface area (Å²) < 4.78 is 0.568. The van der Waals surface area contributed by atoms with E-state index in [2.05, 4.69) is 56.1 Å². The first-order valence-electron chi connectivity index (χ1n) is 8.78. The number of carbonyl (C=O) groups excluding carboxylic acids is 1. The van der Waals surface area contributed by atoms with Crippen molar-refractivity contribution >= 4 is 45.6 Å². The minimum atomic E-state index is -0.117. The zero-order valence-electron chi connectivity index (χ0n) is 15.5. The molecule has 2 aliphatic rings. The zero-order valence-corrected chi connectivity index (χ0v) is 17.1. The molecule has 0 aromatic heterocycles. The fourth-order valence-electron chi connectivity index (χ4n) is 3.74. The normalized spacial score (nSPS) is 21.4. The Kier molecular flexibility index (Phi) is 4.44. The van der Waals surface area contributed by atoms with E-state index in [0.717, 1.165) is 11.4 Å². The van der Waals surface area contributed by atoms with Crippen LogP contribution in [0.5, 0.6) is 0 Å². The fourth-order valence-corrected chi connectivity index (χ4v) is 4.98. The van der Waals surface area contributed by atoms with E-state index >= 15 is 0 Å². The van der Waals surface area contributed by atoms with E-state index < -0.39 is 0 Å². The van der Waals surface area contributed by atoms with E-state index in [9.17, 15) is 4.79 Å². The van der Waals surface area contributed by atoms with Crippen LogP contribution < -0.4 is 9.80 Å². The number of hydrogen-bond acceptors (Lipinski definition) is 4. The van der Waals surface area contributed by atoms with E-state index in [4.69, 9.17) is 12.2 Å². The Bertz CT molecular complexity index is 992. The Balaban J connectivity index is 1.67.